The van der Waals surface area contributed by atoms with Crippen LogP contribution in [0.4, 0.5) is 0 Å². The molecule has 0 aliphatic carbocycles. The summed E-state index contributed by atoms with van der Waals surface area (Å²) in [6.45, 7) is 1.96. The Kier molecular flexibility index (Phi) is 3.63. The maximum absolute atomic E-state index is 10.3. The maximum Gasteiger partial charge on any atom is 0.175 e. The van der Waals surface area contributed by atoms with Crippen molar-refractivity contribution >= 4 is 17.6 Å². The summed E-state index contributed by atoms with van der Waals surface area (Å²) in [5.41, 5.74) is 2.79. The van der Waals surface area contributed by atoms with E-state index in [2.05, 4.69) is 15.2 Å². The van der Waals surface area contributed by atoms with Gasteiger partial charge in [-0.15, -0.1) is 21.5 Å². The highest BCUT2D eigenvalue weighted by Gasteiger charge is 2.14. The fourth-order valence-corrected chi connectivity index (χ4v) is 2.46. The van der Waals surface area contributed by atoms with E-state index >= 15 is 0 Å². The molecule has 0 unspecified atom stereocenters. The zero-order valence-electron chi connectivity index (χ0n) is 9.88. The molecule has 5 nitrogen and oxygen atoms in total. The van der Waals surface area contributed by atoms with Crippen molar-refractivity contribution in [2.45, 2.75) is 26.2 Å². The Morgan fingerprint density at radius 3 is 2.94 bits per heavy atom. The Morgan fingerprint density at radius 2 is 2.29 bits per heavy atom. The Labute approximate surface area is 104 Å². The molecule has 0 spiro atoms. The van der Waals surface area contributed by atoms with Gasteiger partial charge in [-0.05, 0) is 13.3 Å². The van der Waals surface area contributed by atoms with Crippen LogP contribution in [0.5, 0.6) is 0 Å². The number of thiazole rings is 1. The molecule has 2 rings (SSSR count). The maximum atomic E-state index is 10.3. The third kappa shape index (κ3) is 2.41. The number of aryl methyl sites for hydroxylation is 2. The molecule has 0 aliphatic heterocycles. The SMILES string of the molecule is Cc1ncsc1-c1nnc(CCCC=O)n1C. The monoisotopic (exact) mass is 250 g/mol. The molecule has 2 aromatic rings. The molecular weight excluding hydrogens is 236 g/mol. The van der Waals surface area contributed by atoms with Gasteiger partial charge in [-0.2, -0.15) is 0 Å². The van der Waals surface area contributed by atoms with Crippen LogP contribution < -0.4 is 0 Å². The van der Waals surface area contributed by atoms with E-state index < -0.39 is 0 Å². The van der Waals surface area contributed by atoms with Crippen LogP contribution in [0.2, 0.25) is 0 Å². The molecule has 90 valence electrons. The summed E-state index contributed by atoms with van der Waals surface area (Å²) in [5.74, 6) is 1.76. The number of nitrogens with zero attached hydrogens (tertiary/aromatic N) is 4. The van der Waals surface area contributed by atoms with Gasteiger partial charge in [0.2, 0.25) is 0 Å². The lowest BCUT2D eigenvalue weighted by Gasteiger charge is -2.01. The molecule has 0 aromatic carbocycles. The van der Waals surface area contributed by atoms with Gasteiger partial charge >= 0.3 is 0 Å². The molecule has 0 radical (unpaired) electrons. The fourth-order valence-electron chi connectivity index (χ4n) is 1.64. The van der Waals surface area contributed by atoms with Crippen LogP contribution in [-0.2, 0) is 18.3 Å². The zero-order valence-corrected chi connectivity index (χ0v) is 10.7. The van der Waals surface area contributed by atoms with Crippen LogP contribution in [-0.4, -0.2) is 26.0 Å². The smallest absolute Gasteiger partial charge is 0.175 e. The summed E-state index contributed by atoms with van der Waals surface area (Å²) in [6.07, 6.45) is 3.10. The van der Waals surface area contributed by atoms with Crippen LogP contribution in [0.3, 0.4) is 0 Å². The molecule has 0 bridgehead atoms. The summed E-state index contributed by atoms with van der Waals surface area (Å²) < 4.78 is 1.98. The molecule has 0 fully saturated rings. The van der Waals surface area contributed by atoms with Crippen LogP contribution in [0.15, 0.2) is 5.51 Å². The first-order valence-corrected chi connectivity index (χ1v) is 6.34. The minimum Gasteiger partial charge on any atom is -0.313 e. The zero-order chi connectivity index (χ0) is 12.3. The van der Waals surface area contributed by atoms with Gasteiger partial charge in [0.15, 0.2) is 5.82 Å². The van der Waals surface area contributed by atoms with Crippen LogP contribution in [0.25, 0.3) is 10.7 Å². The molecule has 0 N–H and O–H groups in total. The predicted molar refractivity (Wildman–Crippen MR) is 65.9 cm³/mol. The summed E-state index contributed by atoms with van der Waals surface area (Å²) in [6, 6.07) is 0. The van der Waals surface area contributed by atoms with E-state index in [9.17, 15) is 4.79 Å². The van der Waals surface area contributed by atoms with Crippen molar-refractivity contribution in [2.75, 3.05) is 0 Å². The average molecular weight is 250 g/mol. The van der Waals surface area contributed by atoms with E-state index in [-0.39, 0.29) is 0 Å². The van der Waals surface area contributed by atoms with Gasteiger partial charge in [0.05, 0.1) is 16.1 Å². The van der Waals surface area contributed by atoms with Crippen molar-refractivity contribution in [2.24, 2.45) is 7.05 Å². The lowest BCUT2D eigenvalue weighted by atomic mass is 10.2. The number of carbonyl (C=O) groups is 1. The number of aromatic nitrogens is 4. The molecule has 6 heteroatoms. The van der Waals surface area contributed by atoms with E-state index in [0.717, 1.165) is 41.3 Å². The quantitative estimate of drug-likeness (QED) is 0.599. The third-order valence-corrected chi connectivity index (χ3v) is 3.56. The van der Waals surface area contributed by atoms with E-state index in [0.29, 0.717) is 6.42 Å². The van der Waals surface area contributed by atoms with Crippen molar-refractivity contribution in [3.63, 3.8) is 0 Å². The second-order valence-corrected chi connectivity index (χ2v) is 4.68. The average Bonchev–Trinajstić information content (AvgIpc) is 2.87. The number of rotatable bonds is 5. The van der Waals surface area contributed by atoms with Crippen LogP contribution in [0, 0.1) is 6.92 Å². The van der Waals surface area contributed by atoms with Gasteiger partial charge in [0.1, 0.15) is 12.1 Å². The second kappa shape index (κ2) is 5.18. The summed E-state index contributed by atoms with van der Waals surface area (Å²) in [7, 11) is 1.95. The van der Waals surface area contributed by atoms with Gasteiger partial charge in [-0.3, -0.25) is 0 Å². The molecular formula is C11H14N4OS. The number of carbonyl (C=O) groups excluding carboxylic acids is 1. The Bertz CT molecular complexity index is 517. The number of hydrogen-bond donors (Lipinski definition) is 0. The Morgan fingerprint density at radius 1 is 1.47 bits per heavy atom. The van der Waals surface area contributed by atoms with E-state index in [4.69, 9.17) is 0 Å². The minimum absolute atomic E-state index is 0.571. The lowest BCUT2D eigenvalue weighted by molar-refractivity contribution is -0.107. The first kappa shape index (κ1) is 11.9. The molecule has 0 saturated carbocycles. The van der Waals surface area contributed by atoms with E-state index in [1.54, 1.807) is 11.3 Å². The lowest BCUT2D eigenvalue weighted by Crippen LogP contribution is -2.00. The van der Waals surface area contributed by atoms with Crippen molar-refractivity contribution in [3.05, 3.63) is 17.0 Å². The first-order chi connectivity index (χ1) is 8.24. The third-order valence-electron chi connectivity index (χ3n) is 2.64. The van der Waals surface area contributed by atoms with Crippen molar-refractivity contribution in [1.29, 1.82) is 0 Å². The molecule has 0 atom stereocenters. The second-order valence-electron chi connectivity index (χ2n) is 3.82. The molecule has 0 amide bonds. The number of unbranched alkanes of at least 4 members (excludes halogenated alkanes) is 1. The number of hydrogen-bond acceptors (Lipinski definition) is 5. The highest BCUT2D eigenvalue weighted by Crippen LogP contribution is 2.25. The van der Waals surface area contributed by atoms with Crippen molar-refractivity contribution in [1.82, 2.24) is 19.7 Å². The van der Waals surface area contributed by atoms with Crippen molar-refractivity contribution < 1.29 is 4.79 Å². The van der Waals surface area contributed by atoms with Gasteiger partial charge in [-0.25, -0.2) is 4.98 Å². The van der Waals surface area contributed by atoms with Crippen molar-refractivity contribution in [3.8, 4) is 10.7 Å². The van der Waals surface area contributed by atoms with Gasteiger partial charge in [0.25, 0.3) is 0 Å². The highest BCUT2D eigenvalue weighted by atomic mass is 32.1. The normalized spacial score (nSPS) is 10.7. The van der Waals surface area contributed by atoms with Gasteiger partial charge in [0, 0.05) is 19.9 Å². The standard InChI is InChI=1S/C11H14N4OS/c1-8-10(17-7-12-8)11-14-13-9(15(11)2)5-3-4-6-16/h6-7H,3-5H2,1-2H3. The molecule has 0 saturated heterocycles. The Balaban J connectivity index is 2.21. The van der Waals surface area contributed by atoms with Crippen LogP contribution in [0.1, 0.15) is 24.4 Å². The first-order valence-electron chi connectivity index (χ1n) is 5.46. The van der Waals surface area contributed by atoms with Gasteiger partial charge in [-0.1, -0.05) is 0 Å². The largest absolute Gasteiger partial charge is 0.313 e. The number of aldehydes is 1. The summed E-state index contributed by atoms with van der Waals surface area (Å²) in [5, 5.41) is 8.35. The molecule has 17 heavy (non-hydrogen) atoms. The topological polar surface area (TPSA) is 60.7 Å². The van der Waals surface area contributed by atoms with Crippen LogP contribution >= 0.6 is 11.3 Å². The fraction of sp³-hybridized carbons (Fsp3) is 0.455. The molecule has 2 heterocycles. The summed E-state index contributed by atoms with van der Waals surface area (Å²) in [4.78, 5) is 15.5. The minimum atomic E-state index is 0.571. The van der Waals surface area contributed by atoms with E-state index in [1.165, 1.54) is 0 Å². The highest BCUT2D eigenvalue weighted by molar-refractivity contribution is 7.13. The Hall–Kier alpha value is -1.56. The molecule has 0 aliphatic rings. The van der Waals surface area contributed by atoms with Gasteiger partial charge < -0.3 is 9.36 Å². The predicted octanol–water partition coefficient (Wildman–Crippen LogP) is 1.77. The van der Waals surface area contributed by atoms with E-state index in [1.807, 2.05) is 24.0 Å². The summed E-state index contributed by atoms with van der Waals surface area (Å²) >= 11 is 1.57. The molecule has 2 aromatic heterocycles.